The van der Waals surface area contributed by atoms with Gasteiger partial charge in [-0.05, 0) is 47.7 Å². The molecule has 6 heteroatoms. The Bertz CT molecular complexity index is 772. The summed E-state index contributed by atoms with van der Waals surface area (Å²) in [6.07, 6.45) is 0.601. The summed E-state index contributed by atoms with van der Waals surface area (Å²) in [5.41, 5.74) is 7.12. The van der Waals surface area contributed by atoms with E-state index in [2.05, 4.69) is 0 Å². The Morgan fingerprint density at radius 3 is 2.48 bits per heavy atom. The third-order valence-electron chi connectivity index (χ3n) is 3.79. The van der Waals surface area contributed by atoms with Gasteiger partial charge in [0.1, 0.15) is 11.8 Å². The molecular formula is C19H20FNO4. The van der Waals surface area contributed by atoms with E-state index in [0.29, 0.717) is 17.4 Å². The Kier molecular flexibility index (Phi) is 5.88. The highest BCUT2D eigenvalue weighted by atomic mass is 19.1. The van der Waals surface area contributed by atoms with Crippen molar-refractivity contribution in [3.05, 3.63) is 58.9 Å². The van der Waals surface area contributed by atoms with E-state index in [1.54, 1.807) is 12.1 Å². The van der Waals surface area contributed by atoms with Crippen LogP contribution in [-0.4, -0.2) is 23.4 Å². The molecule has 132 valence electrons. The van der Waals surface area contributed by atoms with E-state index < -0.39 is 23.6 Å². The van der Waals surface area contributed by atoms with Crippen LogP contribution in [0.4, 0.5) is 4.39 Å². The predicted molar refractivity (Wildman–Crippen MR) is 91.3 cm³/mol. The van der Waals surface area contributed by atoms with Crippen LogP contribution in [0, 0.1) is 5.82 Å². The normalized spacial score (nSPS) is 12.0. The van der Waals surface area contributed by atoms with E-state index in [9.17, 15) is 19.1 Å². The Morgan fingerprint density at radius 2 is 1.92 bits per heavy atom. The molecule has 0 heterocycles. The van der Waals surface area contributed by atoms with Crippen molar-refractivity contribution in [1.29, 1.82) is 0 Å². The number of phenols is 1. The molecule has 0 aromatic heterocycles. The van der Waals surface area contributed by atoms with Gasteiger partial charge in [-0.1, -0.05) is 26.0 Å². The third-order valence-corrected chi connectivity index (χ3v) is 3.79. The lowest BCUT2D eigenvalue weighted by molar-refractivity contribution is -0.136. The van der Waals surface area contributed by atoms with E-state index in [0.717, 1.165) is 0 Å². The lowest BCUT2D eigenvalue weighted by Gasteiger charge is -2.15. The van der Waals surface area contributed by atoms with E-state index in [-0.39, 0.29) is 23.7 Å². The van der Waals surface area contributed by atoms with Crippen LogP contribution in [0.2, 0.25) is 0 Å². The number of nitrogens with two attached hydrogens (primary N) is 1. The third kappa shape index (κ3) is 4.64. The number of rotatable bonds is 6. The van der Waals surface area contributed by atoms with Crippen molar-refractivity contribution in [1.82, 2.24) is 0 Å². The quantitative estimate of drug-likeness (QED) is 0.477. The van der Waals surface area contributed by atoms with Gasteiger partial charge in [0.15, 0.2) is 17.9 Å². The van der Waals surface area contributed by atoms with Gasteiger partial charge in [-0.2, -0.15) is 0 Å². The van der Waals surface area contributed by atoms with Gasteiger partial charge in [0, 0.05) is 0 Å². The average Bonchev–Trinajstić information content (AvgIpc) is 2.58. The number of benzene rings is 2. The molecule has 25 heavy (non-hydrogen) atoms. The summed E-state index contributed by atoms with van der Waals surface area (Å²) in [5, 5.41) is 9.25. The highest BCUT2D eigenvalue weighted by Gasteiger charge is 2.21. The number of aldehydes is 1. The van der Waals surface area contributed by atoms with Crippen LogP contribution in [0.5, 0.6) is 11.5 Å². The Balaban J connectivity index is 2.16. The molecule has 1 atom stereocenters. The summed E-state index contributed by atoms with van der Waals surface area (Å²) in [4.78, 5) is 23.4. The molecule has 0 radical (unpaired) electrons. The van der Waals surface area contributed by atoms with Gasteiger partial charge in [-0.15, -0.1) is 0 Å². The van der Waals surface area contributed by atoms with Crippen molar-refractivity contribution in [2.24, 2.45) is 5.73 Å². The summed E-state index contributed by atoms with van der Waals surface area (Å²) < 4.78 is 19.3. The molecule has 0 aliphatic carbocycles. The van der Waals surface area contributed by atoms with Gasteiger partial charge in [0.25, 0.3) is 0 Å². The molecule has 0 amide bonds. The van der Waals surface area contributed by atoms with E-state index in [1.807, 2.05) is 13.8 Å². The topological polar surface area (TPSA) is 89.6 Å². The number of carbonyl (C=O) groups is 2. The second kappa shape index (κ2) is 7.90. The molecule has 2 rings (SSSR count). The minimum absolute atomic E-state index is 0.0229. The molecule has 0 saturated heterocycles. The zero-order chi connectivity index (χ0) is 18.6. The van der Waals surface area contributed by atoms with Gasteiger partial charge in [0.05, 0.1) is 5.56 Å². The molecule has 0 unspecified atom stereocenters. The highest BCUT2D eigenvalue weighted by Crippen LogP contribution is 2.27. The lowest BCUT2D eigenvalue weighted by atomic mass is 10.00. The fourth-order valence-electron chi connectivity index (χ4n) is 2.31. The SMILES string of the molecule is CC(C)c1cc(F)c(OC(=O)[C@@H](N)Cc2ccc(O)cc2)c(C=O)c1. The first-order valence-electron chi connectivity index (χ1n) is 7.85. The van der Waals surface area contributed by atoms with Crippen LogP contribution in [0.15, 0.2) is 36.4 Å². The van der Waals surface area contributed by atoms with E-state index >= 15 is 0 Å². The molecule has 2 aromatic rings. The Morgan fingerprint density at radius 1 is 1.28 bits per heavy atom. The summed E-state index contributed by atoms with van der Waals surface area (Å²) in [6.45, 7) is 3.73. The van der Waals surface area contributed by atoms with Crippen LogP contribution < -0.4 is 10.5 Å². The first kappa shape index (κ1) is 18.6. The summed E-state index contributed by atoms with van der Waals surface area (Å²) in [5.74, 6) is -1.91. The zero-order valence-electron chi connectivity index (χ0n) is 14.0. The van der Waals surface area contributed by atoms with Crippen LogP contribution in [0.25, 0.3) is 0 Å². The van der Waals surface area contributed by atoms with Gasteiger partial charge < -0.3 is 15.6 Å². The molecule has 0 saturated carbocycles. The minimum atomic E-state index is -1.03. The van der Waals surface area contributed by atoms with Crippen molar-refractivity contribution in [3.8, 4) is 11.5 Å². The van der Waals surface area contributed by atoms with Crippen LogP contribution in [0.1, 0.15) is 41.3 Å². The summed E-state index contributed by atoms with van der Waals surface area (Å²) >= 11 is 0. The number of hydrogen-bond acceptors (Lipinski definition) is 5. The Hall–Kier alpha value is -2.73. The maximum atomic E-state index is 14.2. The van der Waals surface area contributed by atoms with Gasteiger partial charge in [-0.25, -0.2) is 9.18 Å². The lowest BCUT2D eigenvalue weighted by Crippen LogP contribution is -2.36. The second-order valence-corrected chi connectivity index (χ2v) is 6.09. The zero-order valence-corrected chi connectivity index (χ0v) is 14.0. The van der Waals surface area contributed by atoms with Crippen LogP contribution in [0.3, 0.4) is 0 Å². The van der Waals surface area contributed by atoms with E-state index in [4.69, 9.17) is 10.5 Å². The first-order valence-corrected chi connectivity index (χ1v) is 7.85. The van der Waals surface area contributed by atoms with Crippen molar-refractivity contribution >= 4 is 12.3 Å². The molecule has 2 aromatic carbocycles. The number of hydrogen-bond donors (Lipinski definition) is 2. The fourth-order valence-corrected chi connectivity index (χ4v) is 2.31. The summed E-state index contributed by atoms with van der Waals surface area (Å²) in [6, 6.07) is 7.90. The molecule has 0 spiro atoms. The number of phenolic OH excluding ortho intramolecular Hbond substituents is 1. The van der Waals surface area contributed by atoms with Crippen molar-refractivity contribution in [2.75, 3.05) is 0 Å². The van der Waals surface area contributed by atoms with Gasteiger partial charge in [0.2, 0.25) is 0 Å². The monoisotopic (exact) mass is 345 g/mol. The Labute approximate surface area is 145 Å². The molecular weight excluding hydrogens is 325 g/mol. The number of halogens is 1. The summed E-state index contributed by atoms with van der Waals surface area (Å²) in [7, 11) is 0. The van der Waals surface area contributed by atoms with Crippen molar-refractivity contribution in [3.63, 3.8) is 0 Å². The van der Waals surface area contributed by atoms with Gasteiger partial charge >= 0.3 is 5.97 Å². The number of esters is 1. The number of ether oxygens (including phenoxy) is 1. The predicted octanol–water partition coefficient (Wildman–Crippen LogP) is 2.94. The molecule has 0 bridgehead atoms. The van der Waals surface area contributed by atoms with Crippen molar-refractivity contribution in [2.45, 2.75) is 32.2 Å². The molecule has 0 aliphatic rings. The fraction of sp³-hybridized carbons (Fsp3) is 0.263. The van der Waals surface area contributed by atoms with E-state index in [1.165, 1.54) is 24.3 Å². The van der Waals surface area contributed by atoms with Gasteiger partial charge in [-0.3, -0.25) is 4.79 Å². The number of aromatic hydroxyl groups is 1. The largest absolute Gasteiger partial charge is 0.508 e. The maximum Gasteiger partial charge on any atom is 0.328 e. The maximum absolute atomic E-state index is 14.2. The molecule has 0 aliphatic heterocycles. The minimum Gasteiger partial charge on any atom is -0.508 e. The first-order chi connectivity index (χ1) is 11.8. The molecule has 0 fully saturated rings. The van der Waals surface area contributed by atoms with Crippen LogP contribution in [-0.2, 0) is 11.2 Å². The van der Waals surface area contributed by atoms with Crippen LogP contribution >= 0.6 is 0 Å². The average molecular weight is 345 g/mol. The highest BCUT2D eigenvalue weighted by molar-refractivity contribution is 5.84. The smallest absolute Gasteiger partial charge is 0.328 e. The number of carbonyl (C=O) groups excluding carboxylic acids is 2. The standard InChI is InChI=1S/C19H20FNO4/c1-11(2)13-8-14(10-22)18(16(20)9-13)25-19(24)17(21)7-12-3-5-15(23)6-4-12/h3-6,8-11,17,23H,7,21H2,1-2H3/t17-/m0/s1. The van der Waals surface area contributed by atoms with Crippen molar-refractivity contribution < 1.29 is 23.8 Å². The molecule has 3 N–H and O–H groups in total. The second-order valence-electron chi connectivity index (χ2n) is 6.09. The molecule has 5 nitrogen and oxygen atoms in total.